The van der Waals surface area contributed by atoms with Crippen molar-refractivity contribution in [1.29, 1.82) is 0 Å². The monoisotopic (exact) mass is 374 g/mol. The third-order valence-electron chi connectivity index (χ3n) is 3.94. The van der Waals surface area contributed by atoms with Crippen LogP contribution in [0.3, 0.4) is 0 Å². The Balaban J connectivity index is 3.12. The SMILES string of the molecule is CCC(CC)N(CC(C)C)C(CN)c1ccc(Cl)c(Br)c1. The molecule has 21 heavy (non-hydrogen) atoms. The highest BCUT2D eigenvalue weighted by atomic mass is 79.9. The van der Waals surface area contributed by atoms with Crippen molar-refractivity contribution < 1.29 is 0 Å². The summed E-state index contributed by atoms with van der Waals surface area (Å²) in [6, 6.07) is 6.96. The molecule has 0 heterocycles. The molecule has 1 rings (SSSR count). The summed E-state index contributed by atoms with van der Waals surface area (Å²) in [4.78, 5) is 2.57. The molecule has 0 saturated carbocycles. The van der Waals surface area contributed by atoms with Gasteiger partial charge < -0.3 is 5.73 Å². The minimum Gasteiger partial charge on any atom is -0.329 e. The van der Waals surface area contributed by atoms with E-state index in [-0.39, 0.29) is 6.04 Å². The topological polar surface area (TPSA) is 29.3 Å². The summed E-state index contributed by atoms with van der Waals surface area (Å²) in [5.74, 6) is 0.621. The van der Waals surface area contributed by atoms with Crippen LogP contribution in [-0.4, -0.2) is 24.0 Å². The predicted octanol–water partition coefficient (Wildman–Crippen LogP) is 5.25. The van der Waals surface area contributed by atoms with E-state index in [1.165, 1.54) is 5.56 Å². The van der Waals surface area contributed by atoms with Gasteiger partial charge in [0.15, 0.2) is 0 Å². The number of benzene rings is 1. The van der Waals surface area contributed by atoms with E-state index >= 15 is 0 Å². The van der Waals surface area contributed by atoms with E-state index in [2.05, 4.69) is 60.7 Å². The van der Waals surface area contributed by atoms with Gasteiger partial charge in [-0.05, 0) is 52.4 Å². The number of hydrogen-bond acceptors (Lipinski definition) is 2. The molecule has 0 saturated heterocycles. The van der Waals surface area contributed by atoms with Gasteiger partial charge in [-0.1, -0.05) is 45.4 Å². The molecule has 1 aromatic carbocycles. The van der Waals surface area contributed by atoms with Crippen LogP contribution in [0.5, 0.6) is 0 Å². The molecule has 0 aromatic heterocycles. The highest BCUT2D eigenvalue weighted by Gasteiger charge is 2.25. The molecule has 0 spiro atoms. The Labute approximate surface area is 143 Å². The Morgan fingerprint density at radius 1 is 1.24 bits per heavy atom. The lowest BCUT2D eigenvalue weighted by Gasteiger charge is -2.38. The van der Waals surface area contributed by atoms with Crippen LogP contribution in [0, 0.1) is 5.92 Å². The minimum absolute atomic E-state index is 0.242. The fourth-order valence-electron chi connectivity index (χ4n) is 2.89. The first-order chi connectivity index (χ1) is 9.94. The second kappa shape index (κ2) is 9.14. The number of rotatable bonds is 8. The quantitative estimate of drug-likeness (QED) is 0.672. The summed E-state index contributed by atoms with van der Waals surface area (Å²) in [7, 11) is 0. The molecule has 120 valence electrons. The number of nitrogens with zero attached hydrogens (tertiary/aromatic N) is 1. The fraction of sp³-hybridized carbons (Fsp3) is 0.647. The molecular weight excluding hydrogens is 348 g/mol. The number of hydrogen-bond donors (Lipinski definition) is 1. The van der Waals surface area contributed by atoms with Gasteiger partial charge in [-0.25, -0.2) is 0 Å². The smallest absolute Gasteiger partial charge is 0.0548 e. The standard InChI is InChI=1S/C17H28BrClN2/c1-5-14(6-2)21(11-12(3)4)17(10-20)13-7-8-16(19)15(18)9-13/h7-9,12,14,17H,5-6,10-11,20H2,1-4H3. The summed E-state index contributed by atoms with van der Waals surface area (Å²) in [5.41, 5.74) is 7.36. The van der Waals surface area contributed by atoms with E-state index in [9.17, 15) is 0 Å². The highest BCUT2D eigenvalue weighted by Crippen LogP contribution is 2.30. The fourth-order valence-corrected chi connectivity index (χ4v) is 3.41. The third-order valence-corrected chi connectivity index (χ3v) is 5.15. The predicted molar refractivity (Wildman–Crippen MR) is 96.9 cm³/mol. The third kappa shape index (κ3) is 5.24. The Bertz CT molecular complexity index is 433. The Morgan fingerprint density at radius 2 is 1.86 bits per heavy atom. The maximum absolute atomic E-state index is 6.13. The summed E-state index contributed by atoms with van der Waals surface area (Å²) in [6.45, 7) is 10.7. The van der Waals surface area contributed by atoms with Crippen molar-refractivity contribution in [2.75, 3.05) is 13.1 Å². The van der Waals surface area contributed by atoms with Gasteiger partial charge in [0.2, 0.25) is 0 Å². The van der Waals surface area contributed by atoms with E-state index in [0.29, 0.717) is 18.5 Å². The zero-order valence-electron chi connectivity index (χ0n) is 13.6. The van der Waals surface area contributed by atoms with Crippen LogP contribution in [0.15, 0.2) is 22.7 Å². The van der Waals surface area contributed by atoms with E-state index in [1.54, 1.807) is 0 Å². The molecule has 0 radical (unpaired) electrons. The van der Waals surface area contributed by atoms with Crippen LogP contribution in [0.1, 0.15) is 52.1 Å². The second-order valence-corrected chi connectivity index (χ2v) is 7.25. The summed E-state index contributed by atoms with van der Waals surface area (Å²) >= 11 is 9.64. The molecule has 0 bridgehead atoms. The maximum Gasteiger partial charge on any atom is 0.0548 e. The summed E-state index contributed by atoms with van der Waals surface area (Å²) < 4.78 is 0.939. The minimum atomic E-state index is 0.242. The largest absolute Gasteiger partial charge is 0.329 e. The van der Waals surface area contributed by atoms with Crippen molar-refractivity contribution in [1.82, 2.24) is 4.90 Å². The molecule has 0 fully saturated rings. The zero-order chi connectivity index (χ0) is 16.0. The molecule has 0 aliphatic rings. The average Bonchev–Trinajstić information content (AvgIpc) is 2.44. The van der Waals surface area contributed by atoms with Crippen molar-refractivity contribution in [3.63, 3.8) is 0 Å². The molecule has 4 heteroatoms. The van der Waals surface area contributed by atoms with Crippen molar-refractivity contribution in [2.24, 2.45) is 11.7 Å². The van der Waals surface area contributed by atoms with Gasteiger partial charge >= 0.3 is 0 Å². The average molecular weight is 376 g/mol. The Hall–Kier alpha value is -0.0900. The van der Waals surface area contributed by atoms with E-state index in [1.807, 2.05) is 6.07 Å². The van der Waals surface area contributed by atoms with E-state index in [4.69, 9.17) is 17.3 Å². The molecule has 0 aliphatic heterocycles. The van der Waals surface area contributed by atoms with Crippen molar-refractivity contribution >= 4 is 27.5 Å². The summed E-state index contributed by atoms with van der Waals surface area (Å²) in [6.07, 6.45) is 2.29. The van der Waals surface area contributed by atoms with Crippen LogP contribution >= 0.6 is 27.5 Å². The molecule has 1 aromatic rings. The lowest BCUT2D eigenvalue weighted by Crippen LogP contribution is -2.43. The first-order valence-corrected chi connectivity index (χ1v) is 9.02. The van der Waals surface area contributed by atoms with Crippen molar-refractivity contribution in [3.8, 4) is 0 Å². The van der Waals surface area contributed by atoms with Crippen molar-refractivity contribution in [3.05, 3.63) is 33.3 Å². The van der Waals surface area contributed by atoms with Gasteiger partial charge in [-0.15, -0.1) is 0 Å². The Kier molecular flexibility index (Phi) is 8.25. The van der Waals surface area contributed by atoms with Gasteiger partial charge in [0.1, 0.15) is 0 Å². The van der Waals surface area contributed by atoms with E-state index < -0.39 is 0 Å². The molecule has 1 unspecified atom stereocenters. The maximum atomic E-state index is 6.13. The first kappa shape index (κ1) is 19.0. The number of halogens is 2. The second-order valence-electron chi connectivity index (χ2n) is 5.99. The van der Waals surface area contributed by atoms with Gasteiger partial charge in [0, 0.05) is 29.6 Å². The molecule has 0 aliphatic carbocycles. The van der Waals surface area contributed by atoms with Crippen molar-refractivity contribution in [2.45, 2.75) is 52.6 Å². The Morgan fingerprint density at radius 3 is 2.29 bits per heavy atom. The van der Waals surface area contributed by atoms with Crippen LogP contribution in [0.25, 0.3) is 0 Å². The number of nitrogens with two attached hydrogens (primary N) is 1. The van der Waals surface area contributed by atoms with Gasteiger partial charge in [-0.3, -0.25) is 4.90 Å². The molecule has 2 nitrogen and oxygen atoms in total. The lowest BCUT2D eigenvalue weighted by molar-refractivity contribution is 0.112. The normalized spacial score (nSPS) is 13.4. The molecule has 1 atom stereocenters. The van der Waals surface area contributed by atoms with Gasteiger partial charge in [0.05, 0.1) is 5.02 Å². The van der Waals surface area contributed by atoms with Crippen LogP contribution < -0.4 is 5.73 Å². The first-order valence-electron chi connectivity index (χ1n) is 7.85. The summed E-state index contributed by atoms with van der Waals surface area (Å²) in [5, 5.41) is 0.743. The molecule has 2 N–H and O–H groups in total. The van der Waals surface area contributed by atoms with Gasteiger partial charge in [-0.2, -0.15) is 0 Å². The van der Waals surface area contributed by atoms with Gasteiger partial charge in [0.25, 0.3) is 0 Å². The molecular formula is C17H28BrClN2. The highest BCUT2D eigenvalue weighted by molar-refractivity contribution is 9.10. The van der Waals surface area contributed by atoms with Crippen LogP contribution in [0.4, 0.5) is 0 Å². The van der Waals surface area contributed by atoms with E-state index in [0.717, 1.165) is 28.9 Å². The lowest BCUT2D eigenvalue weighted by atomic mass is 9.99. The van der Waals surface area contributed by atoms with Crippen LogP contribution in [-0.2, 0) is 0 Å². The molecule has 0 amide bonds. The zero-order valence-corrected chi connectivity index (χ0v) is 15.9. The van der Waals surface area contributed by atoms with Crippen LogP contribution in [0.2, 0.25) is 5.02 Å².